The van der Waals surface area contributed by atoms with Crippen LogP contribution in [-0.4, -0.2) is 48.3 Å². The van der Waals surface area contributed by atoms with Crippen molar-refractivity contribution < 1.29 is 19.1 Å². The fraction of sp³-hybridized carbons (Fsp3) is 0.526. The lowest BCUT2D eigenvalue weighted by atomic mass is 9.83. The minimum atomic E-state index is -0.869. The molecule has 1 atom stereocenters. The highest BCUT2D eigenvalue weighted by Crippen LogP contribution is 2.58. The fourth-order valence-corrected chi connectivity index (χ4v) is 3.88. The third-order valence-corrected chi connectivity index (χ3v) is 6.17. The van der Waals surface area contributed by atoms with Gasteiger partial charge in [-0.25, -0.2) is 4.79 Å². The van der Waals surface area contributed by atoms with E-state index >= 15 is 0 Å². The molecule has 6 nitrogen and oxygen atoms in total. The minimum Gasteiger partial charge on any atom is -0.497 e. The molecule has 0 amide bonds. The van der Waals surface area contributed by atoms with E-state index in [1.807, 2.05) is 36.4 Å². The molecule has 2 aliphatic rings. The average Bonchev–Trinajstić information content (AvgIpc) is 3.05. The number of likely N-dealkylation sites (N-methyl/N-ethyl adjacent to an activating group) is 1. The lowest BCUT2D eigenvalue weighted by molar-refractivity contribution is -0.196. The zero-order valence-electron chi connectivity index (χ0n) is 15.9. The van der Waals surface area contributed by atoms with Crippen LogP contribution in [0.25, 0.3) is 0 Å². The first-order valence-electron chi connectivity index (χ1n) is 8.30. The first kappa shape index (κ1) is 17.8. The minimum absolute atomic E-state index is 0.277. The Hall–Kier alpha value is -2.05. The summed E-state index contributed by atoms with van der Waals surface area (Å²) in [5.74, 6) is 0.354. The monoisotopic (exact) mass is 346 g/mol. The number of ether oxygens (including phenoxy) is 2. The zero-order valence-corrected chi connectivity index (χ0v) is 15.9. The Morgan fingerprint density at radius 2 is 1.64 bits per heavy atom. The number of esters is 1. The predicted molar refractivity (Wildman–Crippen MR) is 93.6 cm³/mol. The van der Waals surface area contributed by atoms with Crippen molar-refractivity contribution in [3.05, 3.63) is 41.7 Å². The molecular weight excluding hydrogens is 320 g/mol. The molecule has 6 heteroatoms. The third kappa shape index (κ3) is 2.01. The second-order valence-corrected chi connectivity index (χ2v) is 7.50. The van der Waals surface area contributed by atoms with E-state index in [0.717, 1.165) is 11.3 Å². The quantitative estimate of drug-likeness (QED) is 0.785. The van der Waals surface area contributed by atoms with Gasteiger partial charge in [0.05, 0.1) is 19.8 Å². The Bertz CT molecular complexity index is 723. The van der Waals surface area contributed by atoms with E-state index in [-0.39, 0.29) is 11.1 Å². The van der Waals surface area contributed by atoms with E-state index in [9.17, 15) is 4.79 Å². The SMILES string of the molecule is COC(=O)C1=CON2C1(c1ccc(OC)cc1)N(C)C(C)(C)C2(C)C. The standard InChI is InChI=1S/C19H26N2O4/c1-17(2)18(3,4)21-19(20(17)5,15(12-25-21)16(22)24-7)13-8-10-14(23-6)11-9-13/h8-12H,1-7H3. The van der Waals surface area contributed by atoms with Crippen LogP contribution in [0.3, 0.4) is 0 Å². The van der Waals surface area contributed by atoms with E-state index in [2.05, 4.69) is 32.6 Å². The number of carbonyl (C=O) groups is 1. The van der Waals surface area contributed by atoms with E-state index in [4.69, 9.17) is 14.3 Å². The normalized spacial score (nSPS) is 27.4. The Labute approximate surface area is 148 Å². The molecule has 136 valence electrons. The van der Waals surface area contributed by atoms with Crippen molar-refractivity contribution >= 4 is 5.97 Å². The molecule has 1 aromatic rings. The van der Waals surface area contributed by atoms with Crippen molar-refractivity contribution in [1.82, 2.24) is 9.96 Å². The second-order valence-electron chi connectivity index (χ2n) is 7.50. The summed E-state index contributed by atoms with van der Waals surface area (Å²) in [5, 5.41) is 1.90. The highest BCUT2D eigenvalue weighted by molar-refractivity contribution is 5.91. The Balaban J connectivity index is 2.26. The van der Waals surface area contributed by atoms with Crippen LogP contribution >= 0.6 is 0 Å². The number of rotatable bonds is 3. The maximum absolute atomic E-state index is 12.6. The number of carbonyl (C=O) groups excluding carboxylic acids is 1. The van der Waals surface area contributed by atoms with Gasteiger partial charge in [0.25, 0.3) is 0 Å². The number of hydrogen-bond donors (Lipinski definition) is 0. The zero-order chi connectivity index (χ0) is 18.6. The Morgan fingerprint density at radius 3 is 2.16 bits per heavy atom. The van der Waals surface area contributed by atoms with E-state index in [1.165, 1.54) is 13.4 Å². The summed E-state index contributed by atoms with van der Waals surface area (Å²) in [6, 6.07) is 7.71. The highest BCUT2D eigenvalue weighted by Gasteiger charge is 2.71. The number of nitrogens with zero attached hydrogens (tertiary/aromatic N) is 2. The average molecular weight is 346 g/mol. The predicted octanol–water partition coefficient (Wildman–Crippen LogP) is 2.65. The summed E-state index contributed by atoms with van der Waals surface area (Å²) in [5.41, 5.74) is -0.134. The fourth-order valence-electron chi connectivity index (χ4n) is 3.88. The van der Waals surface area contributed by atoms with Gasteiger partial charge in [-0.15, -0.1) is 5.06 Å². The van der Waals surface area contributed by atoms with Crippen molar-refractivity contribution in [3.8, 4) is 5.75 Å². The van der Waals surface area contributed by atoms with Crippen LogP contribution in [0.1, 0.15) is 33.3 Å². The van der Waals surface area contributed by atoms with Crippen LogP contribution in [0.2, 0.25) is 0 Å². The molecule has 0 saturated carbocycles. The molecule has 1 fully saturated rings. The van der Waals surface area contributed by atoms with Crippen LogP contribution in [0.4, 0.5) is 0 Å². The van der Waals surface area contributed by atoms with Crippen molar-refractivity contribution in [2.24, 2.45) is 0 Å². The summed E-state index contributed by atoms with van der Waals surface area (Å²) in [7, 11) is 5.03. The maximum atomic E-state index is 12.6. The molecule has 0 radical (unpaired) electrons. The van der Waals surface area contributed by atoms with Crippen LogP contribution in [0.15, 0.2) is 36.1 Å². The molecule has 3 rings (SSSR count). The highest BCUT2D eigenvalue weighted by atomic mass is 16.7. The van der Waals surface area contributed by atoms with Gasteiger partial charge in [-0.05, 0) is 52.4 Å². The number of fused-ring (bicyclic) bond motifs is 1. The topological polar surface area (TPSA) is 51.2 Å². The molecule has 0 aliphatic carbocycles. The van der Waals surface area contributed by atoms with E-state index in [1.54, 1.807) is 7.11 Å². The Kier molecular flexibility index (Phi) is 3.89. The number of methoxy groups -OCH3 is 2. The van der Waals surface area contributed by atoms with Gasteiger partial charge in [0, 0.05) is 5.54 Å². The molecule has 0 aromatic heterocycles. The summed E-state index contributed by atoms with van der Waals surface area (Å²) in [4.78, 5) is 20.7. The van der Waals surface area contributed by atoms with Gasteiger partial charge in [-0.3, -0.25) is 4.90 Å². The van der Waals surface area contributed by atoms with Crippen LogP contribution in [0.5, 0.6) is 5.75 Å². The number of hydrogen-bond acceptors (Lipinski definition) is 6. The molecule has 0 spiro atoms. The molecule has 25 heavy (non-hydrogen) atoms. The Morgan fingerprint density at radius 1 is 1.04 bits per heavy atom. The summed E-state index contributed by atoms with van der Waals surface area (Å²) >= 11 is 0. The van der Waals surface area contributed by atoms with Crippen molar-refractivity contribution in [2.45, 2.75) is 44.4 Å². The summed E-state index contributed by atoms with van der Waals surface area (Å²) in [6.45, 7) is 8.52. The molecule has 1 saturated heterocycles. The van der Waals surface area contributed by atoms with Gasteiger partial charge in [0.1, 0.15) is 17.6 Å². The molecule has 2 heterocycles. The summed E-state index contributed by atoms with van der Waals surface area (Å²) < 4.78 is 10.3. The van der Waals surface area contributed by atoms with Crippen molar-refractivity contribution in [1.29, 1.82) is 0 Å². The maximum Gasteiger partial charge on any atom is 0.340 e. The number of hydroxylamine groups is 2. The second kappa shape index (κ2) is 5.47. The first-order valence-corrected chi connectivity index (χ1v) is 8.30. The molecule has 0 N–H and O–H groups in total. The van der Waals surface area contributed by atoms with Gasteiger partial charge in [0.2, 0.25) is 0 Å². The van der Waals surface area contributed by atoms with Gasteiger partial charge >= 0.3 is 5.97 Å². The van der Waals surface area contributed by atoms with E-state index < -0.39 is 11.6 Å². The first-order chi connectivity index (χ1) is 11.7. The van der Waals surface area contributed by atoms with Crippen molar-refractivity contribution in [2.75, 3.05) is 21.3 Å². The van der Waals surface area contributed by atoms with Gasteiger partial charge in [0.15, 0.2) is 5.66 Å². The largest absolute Gasteiger partial charge is 0.497 e. The molecule has 1 unspecified atom stereocenters. The smallest absolute Gasteiger partial charge is 0.340 e. The van der Waals surface area contributed by atoms with Crippen LogP contribution < -0.4 is 4.74 Å². The van der Waals surface area contributed by atoms with Gasteiger partial charge < -0.3 is 14.3 Å². The molecule has 0 bridgehead atoms. The third-order valence-electron chi connectivity index (χ3n) is 6.17. The molecule has 2 aliphatic heterocycles. The van der Waals surface area contributed by atoms with Crippen LogP contribution in [-0.2, 0) is 20.0 Å². The molecular formula is C19H26N2O4. The van der Waals surface area contributed by atoms with Gasteiger partial charge in [-0.2, -0.15) is 0 Å². The summed E-state index contributed by atoms with van der Waals surface area (Å²) in [6.07, 6.45) is 1.50. The number of benzene rings is 1. The van der Waals surface area contributed by atoms with Gasteiger partial charge in [-0.1, -0.05) is 12.1 Å². The van der Waals surface area contributed by atoms with Crippen LogP contribution in [0, 0.1) is 0 Å². The lowest BCUT2D eigenvalue weighted by Crippen LogP contribution is -2.53. The molecule has 1 aromatic carbocycles. The van der Waals surface area contributed by atoms with Crippen molar-refractivity contribution in [3.63, 3.8) is 0 Å². The lowest BCUT2D eigenvalue weighted by Gasteiger charge is -2.41. The van der Waals surface area contributed by atoms with E-state index in [0.29, 0.717) is 5.57 Å².